The van der Waals surface area contributed by atoms with Crippen molar-refractivity contribution in [1.29, 1.82) is 0 Å². The molecule has 1 N–H and O–H groups in total. The summed E-state index contributed by atoms with van der Waals surface area (Å²) in [6.07, 6.45) is 8.50. The largest absolute Gasteiger partial charge is 0.313 e. The van der Waals surface area contributed by atoms with Crippen molar-refractivity contribution in [2.45, 2.75) is 45.1 Å². The van der Waals surface area contributed by atoms with E-state index in [-0.39, 0.29) is 5.82 Å². The molecule has 1 atom stereocenters. The van der Waals surface area contributed by atoms with Gasteiger partial charge in [0.15, 0.2) is 0 Å². The van der Waals surface area contributed by atoms with Gasteiger partial charge < -0.3 is 5.32 Å². The number of hydrogen-bond donors (Lipinski definition) is 1. The van der Waals surface area contributed by atoms with E-state index in [9.17, 15) is 4.39 Å². The van der Waals surface area contributed by atoms with E-state index in [1.165, 1.54) is 31.2 Å². The van der Waals surface area contributed by atoms with Gasteiger partial charge >= 0.3 is 0 Å². The minimum absolute atomic E-state index is 0.150. The smallest absolute Gasteiger partial charge is 0.123 e. The second-order valence-electron chi connectivity index (χ2n) is 5.15. The lowest BCUT2D eigenvalue weighted by molar-refractivity contribution is 0.553. The van der Waals surface area contributed by atoms with E-state index >= 15 is 0 Å². The molecule has 0 radical (unpaired) electrons. The molecule has 0 saturated carbocycles. The van der Waals surface area contributed by atoms with Crippen LogP contribution in [0.3, 0.4) is 0 Å². The predicted octanol–water partition coefficient (Wildman–Crippen LogP) is 4.29. The van der Waals surface area contributed by atoms with E-state index in [1.54, 1.807) is 17.7 Å². The van der Waals surface area contributed by atoms with Gasteiger partial charge in [-0.3, -0.25) is 0 Å². The molecule has 0 spiro atoms. The van der Waals surface area contributed by atoms with Crippen molar-refractivity contribution in [3.63, 3.8) is 0 Å². The molecule has 1 nitrogen and oxygen atoms in total. The number of halogens is 1. The monoisotopic (exact) mass is 247 g/mol. The van der Waals surface area contributed by atoms with E-state index in [4.69, 9.17) is 0 Å². The van der Waals surface area contributed by atoms with E-state index in [0.717, 1.165) is 12.0 Å². The van der Waals surface area contributed by atoms with Gasteiger partial charge in [0.2, 0.25) is 0 Å². The fraction of sp³-hybridized carbons (Fsp3) is 0.500. The minimum atomic E-state index is -0.150. The van der Waals surface area contributed by atoms with E-state index in [0.29, 0.717) is 6.04 Å². The second kappa shape index (κ2) is 6.14. The molecule has 0 aliphatic heterocycles. The Morgan fingerprint density at radius 2 is 2.17 bits per heavy atom. The fourth-order valence-electron chi connectivity index (χ4n) is 2.75. The number of hydrogen-bond acceptors (Lipinski definition) is 1. The first kappa shape index (κ1) is 13.3. The first-order valence-corrected chi connectivity index (χ1v) is 6.82. The Kier molecular flexibility index (Phi) is 4.54. The molecule has 1 aliphatic rings. The van der Waals surface area contributed by atoms with Gasteiger partial charge in [-0.05, 0) is 69.3 Å². The van der Waals surface area contributed by atoms with Crippen molar-refractivity contribution < 1.29 is 4.39 Å². The highest BCUT2D eigenvalue weighted by molar-refractivity contribution is 5.30. The summed E-state index contributed by atoms with van der Waals surface area (Å²) < 4.78 is 13.1. The lowest BCUT2D eigenvalue weighted by Crippen LogP contribution is -2.18. The molecule has 2 rings (SSSR count). The number of rotatable bonds is 4. The van der Waals surface area contributed by atoms with Crippen LogP contribution in [0.2, 0.25) is 0 Å². The Labute approximate surface area is 109 Å². The molecule has 98 valence electrons. The van der Waals surface area contributed by atoms with Crippen LogP contribution in [0.1, 0.15) is 49.3 Å². The lowest BCUT2D eigenvalue weighted by Gasteiger charge is -2.22. The zero-order chi connectivity index (χ0) is 13.0. The van der Waals surface area contributed by atoms with Crippen molar-refractivity contribution in [2.24, 2.45) is 0 Å². The lowest BCUT2D eigenvalue weighted by atomic mass is 9.90. The van der Waals surface area contributed by atoms with Crippen molar-refractivity contribution in [3.8, 4) is 0 Å². The number of allylic oxidation sites excluding steroid dienone is 1. The first-order chi connectivity index (χ1) is 8.70. The third kappa shape index (κ3) is 3.20. The van der Waals surface area contributed by atoms with Crippen LogP contribution in [0.5, 0.6) is 0 Å². The van der Waals surface area contributed by atoms with Gasteiger partial charge in [-0.2, -0.15) is 0 Å². The molecular weight excluding hydrogens is 225 g/mol. The third-order valence-electron chi connectivity index (χ3n) is 3.81. The molecule has 1 unspecified atom stereocenters. The summed E-state index contributed by atoms with van der Waals surface area (Å²) in [5, 5.41) is 3.36. The van der Waals surface area contributed by atoms with Crippen LogP contribution in [-0.4, -0.2) is 7.05 Å². The molecule has 0 heterocycles. The molecule has 2 heteroatoms. The molecule has 0 amide bonds. The van der Waals surface area contributed by atoms with Gasteiger partial charge in [-0.1, -0.05) is 17.7 Å². The molecule has 0 saturated heterocycles. The van der Waals surface area contributed by atoms with Crippen LogP contribution in [0.25, 0.3) is 0 Å². The average Bonchev–Trinajstić information content (AvgIpc) is 2.38. The molecule has 0 aromatic heterocycles. The topological polar surface area (TPSA) is 12.0 Å². The maximum Gasteiger partial charge on any atom is 0.123 e. The predicted molar refractivity (Wildman–Crippen MR) is 74.1 cm³/mol. The zero-order valence-corrected chi connectivity index (χ0v) is 11.3. The Hall–Kier alpha value is -1.15. The first-order valence-electron chi connectivity index (χ1n) is 6.82. The molecule has 1 aliphatic carbocycles. The normalized spacial score (nSPS) is 17.4. The summed E-state index contributed by atoms with van der Waals surface area (Å²) >= 11 is 0. The second-order valence-corrected chi connectivity index (χ2v) is 5.15. The van der Waals surface area contributed by atoms with Gasteiger partial charge in [0.05, 0.1) is 0 Å². The number of nitrogens with one attached hydrogen (secondary N) is 1. The van der Waals surface area contributed by atoms with Crippen molar-refractivity contribution >= 4 is 0 Å². The summed E-state index contributed by atoms with van der Waals surface area (Å²) in [4.78, 5) is 0. The van der Waals surface area contributed by atoms with Crippen LogP contribution in [0.15, 0.2) is 29.8 Å². The summed E-state index contributed by atoms with van der Waals surface area (Å²) in [5.41, 5.74) is 3.79. The maximum atomic E-state index is 13.1. The SMILES string of the molecule is CNC(CC1=CCCCC1)c1ccc(F)cc1C. The summed E-state index contributed by atoms with van der Waals surface area (Å²) in [7, 11) is 1.98. The zero-order valence-electron chi connectivity index (χ0n) is 11.3. The van der Waals surface area contributed by atoms with Crippen LogP contribution in [0.4, 0.5) is 4.39 Å². The Balaban J connectivity index is 2.14. The highest BCUT2D eigenvalue weighted by Crippen LogP contribution is 2.29. The maximum absolute atomic E-state index is 13.1. The standard InChI is InChI=1S/C16H22FN/c1-12-10-14(17)8-9-15(12)16(18-2)11-13-6-4-3-5-7-13/h6,8-10,16,18H,3-5,7,11H2,1-2H3. The Morgan fingerprint density at radius 1 is 1.33 bits per heavy atom. The number of aryl methyl sites for hydroxylation is 1. The molecule has 1 aromatic carbocycles. The third-order valence-corrected chi connectivity index (χ3v) is 3.81. The summed E-state index contributed by atoms with van der Waals surface area (Å²) in [6, 6.07) is 5.39. The van der Waals surface area contributed by atoms with Crippen LogP contribution in [0, 0.1) is 12.7 Å². The van der Waals surface area contributed by atoms with E-state index < -0.39 is 0 Å². The van der Waals surface area contributed by atoms with E-state index in [1.807, 2.05) is 20.0 Å². The van der Waals surface area contributed by atoms with Crippen LogP contribution >= 0.6 is 0 Å². The molecular formula is C16H22FN. The Morgan fingerprint density at radius 3 is 2.78 bits per heavy atom. The van der Waals surface area contributed by atoms with Crippen LogP contribution < -0.4 is 5.32 Å². The summed E-state index contributed by atoms with van der Waals surface area (Å²) in [5.74, 6) is -0.150. The van der Waals surface area contributed by atoms with E-state index in [2.05, 4.69) is 11.4 Å². The molecule has 18 heavy (non-hydrogen) atoms. The van der Waals surface area contributed by atoms with Gasteiger partial charge in [0, 0.05) is 6.04 Å². The molecule has 0 bridgehead atoms. The minimum Gasteiger partial charge on any atom is -0.313 e. The van der Waals surface area contributed by atoms with Gasteiger partial charge in [0.25, 0.3) is 0 Å². The fourth-order valence-corrected chi connectivity index (χ4v) is 2.75. The molecule has 1 aromatic rings. The highest BCUT2D eigenvalue weighted by atomic mass is 19.1. The van der Waals surface area contributed by atoms with Crippen molar-refractivity contribution in [1.82, 2.24) is 5.32 Å². The van der Waals surface area contributed by atoms with Gasteiger partial charge in [-0.15, -0.1) is 0 Å². The molecule has 0 fully saturated rings. The quantitative estimate of drug-likeness (QED) is 0.783. The average molecular weight is 247 g/mol. The van der Waals surface area contributed by atoms with Crippen LogP contribution in [-0.2, 0) is 0 Å². The van der Waals surface area contributed by atoms with Crippen molar-refractivity contribution in [2.75, 3.05) is 7.05 Å². The number of benzene rings is 1. The Bertz CT molecular complexity index is 437. The van der Waals surface area contributed by atoms with Gasteiger partial charge in [0.1, 0.15) is 5.82 Å². The van der Waals surface area contributed by atoms with Crippen molar-refractivity contribution in [3.05, 3.63) is 46.8 Å². The highest BCUT2D eigenvalue weighted by Gasteiger charge is 2.15. The van der Waals surface area contributed by atoms with Gasteiger partial charge in [-0.25, -0.2) is 4.39 Å². The summed E-state index contributed by atoms with van der Waals surface area (Å²) in [6.45, 7) is 1.98.